The quantitative estimate of drug-likeness (QED) is 0.842. The van der Waals surface area contributed by atoms with E-state index >= 15 is 0 Å². The first-order chi connectivity index (χ1) is 7.27. The Hall–Kier alpha value is -0.990. The normalized spacial score (nSPS) is 11.9. The van der Waals surface area contributed by atoms with Crippen molar-refractivity contribution in [3.63, 3.8) is 0 Å². The van der Waals surface area contributed by atoms with E-state index < -0.39 is 32.1 Å². The van der Waals surface area contributed by atoms with Gasteiger partial charge in [0.15, 0.2) is 5.15 Å². The molecule has 0 aliphatic heterocycles. The Morgan fingerprint density at radius 3 is 2.50 bits per heavy atom. The van der Waals surface area contributed by atoms with Gasteiger partial charge in [0, 0.05) is 11.6 Å². The van der Waals surface area contributed by atoms with Crippen LogP contribution in [0.4, 0.5) is 8.78 Å². The summed E-state index contributed by atoms with van der Waals surface area (Å²) >= 11 is 5.46. The smallest absolute Gasteiger partial charge is 0.265 e. The molecule has 16 heavy (non-hydrogen) atoms. The second-order valence-electron chi connectivity index (χ2n) is 2.72. The summed E-state index contributed by atoms with van der Waals surface area (Å²) in [6, 6.07) is 0.774. The summed E-state index contributed by atoms with van der Waals surface area (Å²) < 4.78 is 51.9. The van der Waals surface area contributed by atoms with E-state index in [1.165, 1.54) is 7.11 Å². The molecule has 0 aromatic carbocycles. The average molecular weight is 273 g/mol. The standard InChI is InChI=1S/C7H7ClF2N2O3S/c1-15-4-2-3(7(9)10)5(6(8)12-4)16(11,13)14/h2,7H,1H3,(H2,11,13,14). The minimum Gasteiger partial charge on any atom is -0.481 e. The van der Waals surface area contributed by atoms with Crippen LogP contribution in [0.25, 0.3) is 0 Å². The average Bonchev–Trinajstić information content (AvgIpc) is 2.14. The van der Waals surface area contributed by atoms with Crippen LogP contribution in [0.5, 0.6) is 5.88 Å². The molecular weight excluding hydrogens is 266 g/mol. The van der Waals surface area contributed by atoms with Gasteiger partial charge in [0.1, 0.15) is 4.90 Å². The fourth-order valence-corrected chi connectivity index (χ4v) is 2.32. The molecule has 0 radical (unpaired) electrons. The highest BCUT2D eigenvalue weighted by Gasteiger charge is 2.26. The zero-order valence-corrected chi connectivity index (χ0v) is 9.52. The van der Waals surface area contributed by atoms with Crippen molar-refractivity contribution < 1.29 is 21.9 Å². The van der Waals surface area contributed by atoms with Gasteiger partial charge in [-0.25, -0.2) is 27.3 Å². The van der Waals surface area contributed by atoms with Crippen LogP contribution in [0.1, 0.15) is 12.0 Å². The van der Waals surface area contributed by atoms with E-state index in [0.29, 0.717) is 0 Å². The highest BCUT2D eigenvalue weighted by atomic mass is 35.5. The van der Waals surface area contributed by atoms with E-state index in [0.717, 1.165) is 6.07 Å². The van der Waals surface area contributed by atoms with Crippen molar-refractivity contribution in [2.45, 2.75) is 11.3 Å². The van der Waals surface area contributed by atoms with Crippen LogP contribution in [0, 0.1) is 0 Å². The third-order valence-electron chi connectivity index (χ3n) is 1.67. The monoisotopic (exact) mass is 272 g/mol. The van der Waals surface area contributed by atoms with Gasteiger partial charge in [-0.2, -0.15) is 0 Å². The Morgan fingerprint density at radius 1 is 1.56 bits per heavy atom. The SMILES string of the molecule is COc1cc(C(F)F)c(S(N)(=O)=O)c(Cl)n1. The van der Waals surface area contributed by atoms with Crippen molar-refractivity contribution in [3.05, 3.63) is 16.8 Å². The third-order valence-corrected chi connectivity index (χ3v) is 3.05. The van der Waals surface area contributed by atoms with Crippen molar-refractivity contribution in [2.24, 2.45) is 5.14 Å². The minimum absolute atomic E-state index is 0.215. The number of nitrogens with two attached hydrogens (primary N) is 1. The van der Waals surface area contributed by atoms with Crippen LogP contribution < -0.4 is 9.88 Å². The highest BCUT2D eigenvalue weighted by Crippen LogP contribution is 2.32. The predicted octanol–water partition coefficient (Wildman–Crippen LogP) is 1.33. The zero-order valence-electron chi connectivity index (χ0n) is 7.95. The Bertz CT molecular complexity index is 507. The molecule has 2 N–H and O–H groups in total. The summed E-state index contributed by atoms with van der Waals surface area (Å²) in [6.45, 7) is 0. The molecule has 9 heteroatoms. The van der Waals surface area contributed by atoms with Crippen LogP contribution in [-0.2, 0) is 10.0 Å². The summed E-state index contributed by atoms with van der Waals surface area (Å²) in [7, 11) is -3.18. The first-order valence-corrected chi connectivity index (χ1v) is 5.75. The van der Waals surface area contributed by atoms with Gasteiger partial charge < -0.3 is 4.74 Å². The lowest BCUT2D eigenvalue weighted by Gasteiger charge is -2.10. The summed E-state index contributed by atoms with van der Waals surface area (Å²) in [5.74, 6) is -0.215. The predicted molar refractivity (Wildman–Crippen MR) is 52.1 cm³/mol. The number of pyridine rings is 1. The molecule has 1 aromatic rings. The lowest BCUT2D eigenvalue weighted by atomic mass is 10.3. The number of ether oxygens (including phenoxy) is 1. The van der Waals surface area contributed by atoms with Gasteiger partial charge in [-0.05, 0) is 0 Å². The van der Waals surface area contributed by atoms with Crippen LogP contribution >= 0.6 is 11.6 Å². The van der Waals surface area contributed by atoms with E-state index in [2.05, 4.69) is 9.72 Å². The fraction of sp³-hybridized carbons (Fsp3) is 0.286. The minimum atomic E-state index is -4.36. The second-order valence-corrected chi connectivity index (χ2v) is 4.58. The Balaban J connectivity index is 3.59. The number of hydrogen-bond donors (Lipinski definition) is 1. The Kier molecular flexibility index (Phi) is 3.66. The molecule has 0 aliphatic carbocycles. The number of sulfonamides is 1. The first kappa shape index (κ1) is 13.1. The van der Waals surface area contributed by atoms with Gasteiger partial charge in [0.25, 0.3) is 6.43 Å². The van der Waals surface area contributed by atoms with Crippen molar-refractivity contribution in [1.29, 1.82) is 0 Å². The lowest BCUT2D eigenvalue weighted by molar-refractivity contribution is 0.147. The Labute approximate surface area is 95.2 Å². The number of primary sulfonamides is 1. The number of halogens is 3. The molecule has 0 bridgehead atoms. The number of hydrogen-bond acceptors (Lipinski definition) is 4. The molecule has 1 aromatic heterocycles. The number of nitrogens with zero attached hydrogens (tertiary/aromatic N) is 1. The van der Waals surface area contributed by atoms with Crippen molar-refractivity contribution in [2.75, 3.05) is 7.11 Å². The molecule has 0 saturated heterocycles. The maximum absolute atomic E-state index is 12.6. The van der Waals surface area contributed by atoms with Gasteiger partial charge in [-0.15, -0.1) is 0 Å². The van der Waals surface area contributed by atoms with Crippen LogP contribution in [0.2, 0.25) is 5.15 Å². The molecule has 1 rings (SSSR count). The van der Waals surface area contributed by atoms with Gasteiger partial charge in [-0.3, -0.25) is 0 Å². The maximum atomic E-state index is 12.6. The Morgan fingerprint density at radius 2 is 2.12 bits per heavy atom. The third kappa shape index (κ3) is 2.57. The van der Waals surface area contributed by atoms with E-state index in [9.17, 15) is 17.2 Å². The summed E-state index contributed by atoms with van der Waals surface area (Å²) in [4.78, 5) is 2.57. The van der Waals surface area contributed by atoms with Crippen LogP contribution in [0.3, 0.4) is 0 Å². The molecule has 0 spiro atoms. The topological polar surface area (TPSA) is 82.3 Å². The van der Waals surface area contributed by atoms with Gasteiger partial charge in [0.05, 0.1) is 7.11 Å². The van der Waals surface area contributed by atoms with E-state index in [1.54, 1.807) is 0 Å². The fourth-order valence-electron chi connectivity index (χ4n) is 1.05. The number of rotatable bonds is 3. The summed E-state index contributed by atoms with van der Waals surface area (Å²) in [5, 5.41) is 4.12. The summed E-state index contributed by atoms with van der Waals surface area (Å²) in [5.41, 5.74) is -0.834. The largest absolute Gasteiger partial charge is 0.481 e. The summed E-state index contributed by atoms with van der Waals surface area (Å²) in [6.07, 6.45) is -3.05. The number of alkyl halides is 2. The van der Waals surface area contributed by atoms with Crippen LogP contribution in [0.15, 0.2) is 11.0 Å². The van der Waals surface area contributed by atoms with Crippen molar-refractivity contribution >= 4 is 21.6 Å². The maximum Gasteiger partial charge on any atom is 0.265 e. The zero-order chi connectivity index (χ0) is 12.5. The van der Waals surface area contributed by atoms with Crippen molar-refractivity contribution in [1.82, 2.24) is 4.98 Å². The van der Waals surface area contributed by atoms with E-state index in [4.69, 9.17) is 16.7 Å². The highest BCUT2D eigenvalue weighted by molar-refractivity contribution is 7.89. The first-order valence-electron chi connectivity index (χ1n) is 3.82. The molecule has 1 heterocycles. The van der Waals surface area contributed by atoms with Crippen LogP contribution in [-0.4, -0.2) is 20.5 Å². The molecule has 0 saturated carbocycles. The molecule has 0 atom stereocenters. The van der Waals surface area contributed by atoms with Gasteiger partial charge >= 0.3 is 0 Å². The van der Waals surface area contributed by atoms with Crippen molar-refractivity contribution in [3.8, 4) is 5.88 Å². The molecule has 90 valence electrons. The number of aromatic nitrogens is 1. The molecule has 0 fully saturated rings. The lowest BCUT2D eigenvalue weighted by Crippen LogP contribution is -2.16. The molecule has 0 unspecified atom stereocenters. The molecular formula is C7H7ClF2N2O3S. The van der Waals surface area contributed by atoms with E-state index in [1.807, 2.05) is 0 Å². The molecule has 5 nitrogen and oxygen atoms in total. The second kappa shape index (κ2) is 4.48. The van der Waals surface area contributed by atoms with E-state index in [-0.39, 0.29) is 5.88 Å². The number of methoxy groups -OCH3 is 1. The molecule has 0 aliphatic rings. The molecule has 0 amide bonds. The van der Waals surface area contributed by atoms with Gasteiger partial charge in [0.2, 0.25) is 15.9 Å². The van der Waals surface area contributed by atoms with Gasteiger partial charge in [-0.1, -0.05) is 11.6 Å².